The number of pyridine rings is 1. The molecule has 0 aliphatic carbocycles. The highest BCUT2D eigenvalue weighted by Crippen LogP contribution is 2.44. The number of anilines is 1. The van der Waals surface area contributed by atoms with Crippen LogP contribution in [0.2, 0.25) is 5.02 Å². The lowest BCUT2D eigenvalue weighted by atomic mass is 9.95. The van der Waals surface area contributed by atoms with Gasteiger partial charge in [-0.3, -0.25) is 19.7 Å². The van der Waals surface area contributed by atoms with Crippen molar-refractivity contribution >= 4 is 34.7 Å². The summed E-state index contributed by atoms with van der Waals surface area (Å²) in [5.74, 6) is 0.805. The van der Waals surface area contributed by atoms with Crippen molar-refractivity contribution < 1.29 is 18.0 Å². The van der Waals surface area contributed by atoms with Crippen molar-refractivity contribution in [1.82, 2.24) is 30.0 Å². The van der Waals surface area contributed by atoms with Crippen LogP contribution in [0.1, 0.15) is 24.1 Å². The topological polar surface area (TPSA) is 90.0 Å². The van der Waals surface area contributed by atoms with E-state index in [2.05, 4.69) is 36.4 Å². The summed E-state index contributed by atoms with van der Waals surface area (Å²) < 4.78 is 39.1. The molecule has 5 rings (SSSR count). The van der Waals surface area contributed by atoms with Crippen LogP contribution < -0.4 is 5.32 Å². The highest BCUT2D eigenvalue weighted by molar-refractivity contribution is 7.19. The van der Waals surface area contributed by atoms with Gasteiger partial charge in [0.1, 0.15) is 12.1 Å². The molecule has 2 N–H and O–H groups in total. The van der Waals surface area contributed by atoms with Crippen molar-refractivity contribution in [2.75, 3.05) is 38.0 Å². The molecule has 0 bridgehead atoms. The predicted molar refractivity (Wildman–Crippen MR) is 145 cm³/mol. The average Bonchev–Trinajstić information content (AvgIpc) is 3.56. The lowest BCUT2D eigenvalue weighted by Crippen LogP contribution is -2.50. The second-order valence-corrected chi connectivity index (χ2v) is 10.7. The monoisotopic (exact) mass is 575 g/mol. The van der Waals surface area contributed by atoms with E-state index in [0.717, 1.165) is 26.4 Å². The lowest BCUT2D eigenvalue weighted by molar-refractivity contribution is -0.149. The van der Waals surface area contributed by atoms with Gasteiger partial charge < -0.3 is 5.32 Å². The summed E-state index contributed by atoms with van der Waals surface area (Å²) in [5.41, 5.74) is 2.76. The maximum absolute atomic E-state index is 13.0. The fourth-order valence-electron chi connectivity index (χ4n) is 4.75. The molecule has 0 spiro atoms. The molecule has 204 valence electrons. The lowest BCUT2D eigenvalue weighted by Gasteiger charge is -2.40. The molecule has 13 heteroatoms. The Morgan fingerprint density at radius 2 is 1.87 bits per heavy atom. The Bertz CT molecular complexity index is 1420. The minimum Gasteiger partial charge on any atom is -0.311 e. The molecule has 0 saturated carbocycles. The number of alkyl halides is 3. The summed E-state index contributed by atoms with van der Waals surface area (Å²) in [6, 6.07) is 13.0. The number of nitrogens with one attached hydrogen (secondary N) is 2. The minimum atomic E-state index is -4.24. The highest BCUT2D eigenvalue weighted by atomic mass is 35.5. The van der Waals surface area contributed by atoms with Crippen LogP contribution in [0.3, 0.4) is 0 Å². The first-order valence-electron chi connectivity index (χ1n) is 12.2. The molecule has 8 nitrogen and oxygen atoms in total. The molecule has 1 atom stereocenters. The molecule has 1 aliphatic rings. The quantitative estimate of drug-likeness (QED) is 0.303. The zero-order chi connectivity index (χ0) is 27.6. The van der Waals surface area contributed by atoms with Crippen LogP contribution in [0, 0.1) is 0 Å². The first kappa shape index (κ1) is 27.3. The maximum Gasteiger partial charge on any atom is 0.401 e. The number of H-pyrrole nitrogens is 1. The van der Waals surface area contributed by atoms with Gasteiger partial charge in [-0.15, -0.1) is 11.3 Å². The molecule has 1 aromatic carbocycles. The molecule has 1 saturated heterocycles. The van der Waals surface area contributed by atoms with Crippen LogP contribution in [0.5, 0.6) is 0 Å². The van der Waals surface area contributed by atoms with Gasteiger partial charge >= 0.3 is 6.18 Å². The second-order valence-electron chi connectivity index (χ2n) is 9.22. The summed E-state index contributed by atoms with van der Waals surface area (Å²) in [4.78, 5) is 25.6. The van der Waals surface area contributed by atoms with E-state index in [9.17, 15) is 18.0 Å². The molecule has 39 heavy (non-hydrogen) atoms. The first-order valence-corrected chi connectivity index (χ1v) is 13.4. The number of thiophene rings is 1. The van der Waals surface area contributed by atoms with Gasteiger partial charge in [0.15, 0.2) is 5.82 Å². The third-order valence-corrected chi connectivity index (χ3v) is 7.85. The summed E-state index contributed by atoms with van der Waals surface area (Å²) in [5, 5.41) is 10.3. The van der Waals surface area contributed by atoms with E-state index in [-0.39, 0.29) is 11.9 Å². The molecular formula is C26H25ClF3N7OS. The number of nitrogens with zero attached hydrogens (tertiary/aromatic N) is 5. The normalized spacial score (nSPS) is 15.8. The second kappa shape index (κ2) is 11.4. The molecule has 1 aliphatic heterocycles. The number of hydrogen-bond acceptors (Lipinski definition) is 7. The van der Waals surface area contributed by atoms with E-state index in [1.165, 1.54) is 29.5 Å². The van der Waals surface area contributed by atoms with E-state index in [1.54, 1.807) is 12.3 Å². The number of benzene rings is 1. The molecule has 1 unspecified atom stereocenters. The Labute approximate surface area is 231 Å². The zero-order valence-electron chi connectivity index (χ0n) is 20.9. The van der Waals surface area contributed by atoms with Crippen LogP contribution in [0.15, 0.2) is 55.0 Å². The number of rotatable bonds is 7. The van der Waals surface area contributed by atoms with Crippen LogP contribution in [-0.2, 0) is 4.79 Å². The molecule has 1 amide bonds. The molecule has 1 fully saturated rings. The number of aromatic nitrogens is 4. The zero-order valence-corrected chi connectivity index (χ0v) is 22.4. The number of amides is 1. The van der Waals surface area contributed by atoms with Crippen molar-refractivity contribution in [2.24, 2.45) is 0 Å². The number of carbonyl (C=O) groups excluding carboxylic acids is 1. The first-order chi connectivity index (χ1) is 18.7. The summed E-state index contributed by atoms with van der Waals surface area (Å²) in [6.45, 7) is 1.99. The van der Waals surface area contributed by atoms with Crippen LogP contribution >= 0.6 is 22.9 Å². The number of halogens is 4. The van der Waals surface area contributed by atoms with Gasteiger partial charge in [-0.1, -0.05) is 23.7 Å². The van der Waals surface area contributed by atoms with E-state index in [0.29, 0.717) is 42.8 Å². The fraction of sp³-hybridized carbons (Fsp3) is 0.308. The molecule has 0 radical (unpaired) electrons. The van der Waals surface area contributed by atoms with Crippen molar-refractivity contribution in [3.8, 4) is 21.1 Å². The Balaban J connectivity index is 1.56. The smallest absolute Gasteiger partial charge is 0.311 e. The van der Waals surface area contributed by atoms with Crippen LogP contribution in [0.4, 0.5) is 19.0 Å². The minimum absolute atomic E-state index is 0.221. The molecule has 4 heterocycles. The number of hydrogen-bond donors (Lipinski definition) is 2. The van der Waals surface area contributed by atoms with Crippen molar-refractivity contribution in [2.45, 2.75) is 19.1 Å². The van der Waals surface area contributed by atoms with Gasteiger partial charge in [0, 0.05) is 49.2 Å². The largest absolute Gasteiger partial charge is 0.401 e. The van der Waals surface area contributed by atoms with Crippen LogP contribution in [-0.4, -0.2) is 74.8 Å². The maximum atomic E-state index is 13.0. The third-order valence-electron chi connectivity index (χ3n) is 6.39. The number of aromatic amines is 1. The van der Waals surface area contributed by atoms with E-state index >= 15 is 0 Å². The molecule has 3 aromatic heterocycles. The van der Waals surface area contributed by atoms with Gasteiger partial charge in [-0.25, -0.2) is 9.97 Å². The number of piperazine rings is 1. The predicted octanol–water partition coefficient (Wildman–Crippen LogP) is 5.48. The van der Waals surface area contributed by atoms with Gasteiger partial charge in [0.05, 0.1) is 17.5 Å². The van der Waals surface area contributed by atoms with E-state index < -0.39 is 12.7 Å². The van der Waals surface area contributed by atoms with Crippen molar-refractivity contribution in [3.05, 3.63) is 71.1 Å². The summed E-state index contributed by atoms with van der Waals surface area (Å²) >= 11 is 7.70. The Morgan fingerprint density at radius 3 is 2.51 bits per heavy atom. The van der Waals surface area contributed by atoms with Crippen LogP contribution in [0.25, 0.3) is 21.1 Å². The summed E-state index contributed by atoms with van der Waals surface area (Å²) in [6.07, 6.45) is -1.17. The fourth-order valence-corrected chi connectivity index (χ4v) is 6.01. The van der Waals surface area contributed by atoms with Gasteiger partial charge in [-0.2, -0.15) is 18.3 Å². The SMILES string of the molecule is CC(=O)Nc1cc(-c2cc(C(c3ccc(Cl)cc3)N3CCN(CC(F)(F)F)CC3)c(-c3ncn[nH]3)s2)ccn1. The Kier molecular flexibility index (Phi) is 7.98. The Hall–Kier alpha value is -3.32. The average molecular weight is 576 g/mol. The number of carbonyl (C=O) groups is 1. The molecule has 4 aromatic rings. The van der Waals surface area contributed by atoms with Crippen molar-refractivity contribution in [1.29, 1.82) is 0 Å². The third kappa shape index (κ3) is 6.64. The molecular weight excluding hydrogens is 551 g/mol. The van der Waals surface area contributed by atoms with E-state index in [1.807, 2.05) is 30.3 Å². The van der Waals surface area contributed by atoms with Gasteiger partial charge in [0.25, 0.3) is 0 Å². The van der Waals surface area contributed by atoms with Gasteiger partial charge in [0.2, 0.25) is 5.91 Å². The Morgan fingerprint density at radius 1 is 1.13 bits per heavy atom. The highest BCUT2D eigenvalue weighted by Gasteiger charge is 2.35. The summed E-state index contributed by atoms with van der Waals surface area (Å²) in [7, 11) is 0. The standard InChI is InChI=1S/C26H25ClF3N7OS/c1-16(38)34-22-12-18(6-7-31-22)21-13-20(24(39-21)25-32-15-33-35-25)23(17-2-4-19(27)5-3-17)37-10-8-36(9-11-37)14-26(28,29)30/h2-7,12-13,15,23H,8-11,14H2,1H3,(H,31,34,38)(H,32,33,35). The van der Waals surface area contributed by atoms with Crippen molar-refractivity contribution in [3.63, 3.8) is 0 Å². The van der Waals surface area contributed by atoms with Gasteiger partial charge in [-0.05, 0) is 47.0 Å². The van der Waals surface area contributed by atoms with E-state index in [4.69, 9.17) is 11.6 Å².